The van der Waals surface area contributed by atoms with Gasteiger partial charge in [-0.3, -0.25) is 0 Å². The van der Waals surface area contributed by atoms with Crippen molar-refractivity contribution in [2.24, 2.45) is 0 Å². The normalized spacial score (nSPS) is 12.5. The van der Waals surface area contributed by atoms with Crippen molar-refractivity contribution in [3.05, 3.63) is 40.9 Å². The molecule has 0 atom stereocenters. The Morgan fingerprint density at radius 3 is 2.24 bits per heavy atom. The van der Waals surface area contributed by atoms with Crippen molar-refractivity contribution in [3.63, 3.8) is 0 Å². The van der Waals surface area contributed by atoms with E-state index in [4.69, 9.17) is 22.3 Å². The smallest absolute Gasteiger partial charge is 0.207 e. The molecule has 2 nitrogen and oxygen atoms in total. The van der Waals surface area contributed by atoms with Crippen LogP contribution in [0.1, 0.15) is 26.3 Å². The van der Waals surface area contributed by atoms with E-state index < -0.39 is 9.05 Å². The summed E-state index contributed by atoms with van der Waals surface area (Å²) < 4.78 is 22.4. The van der Waals surface area contributed by atoms with Gasteiger partial charge in [-0.15, -0.1) is 0 Å². The second-order valence-corrected chi connectivity index (χ2v) is 7.43. The van der Waals surface area contributed by atoms with E-state index in [1.165, 1.54) is 6.07 Å². The van der Waals surface area contributed by atoms with Crippen molar-refractivity contribution < 1.29 is 8.42 Å². The molecule has 0 aromatic heterocycles. The quantitative estimate of drug-likeness (QED) is 0.620. The number of halogens is 2. The molecule has 0 unspecified atom stereocenters. The minimum Gasteiger partial charge on any atom is -0.207 e. The fourth-order valence-electron chi connectivity index (χ4n) is 1.33. The first-order chi connectivity index (χ1) is 7.56. The summed E-state index contributed by atoms with van der Waals surface area (Å²) in [7, 11) is 1.47. The second-order valence-electron chi connectivity index (χ2n) is 4.49. The average molecular weight is 293 g/mol. The first kappa shape index (κ1) is 14.6. The summed E-state index contributed by atoms with van der Waals surface area (Å²) in [6, 6.07) is 4.74. The Bertz CT molecular complexity index is 560. The van der Waals surface area contributed by atoms with Crippen LogP contribution in [0.2, 0.25) is 5.02 Å². The Hall–Kier alpha value is -0.510. The first-order valence-corrected chi connectivity index (χ1v) is 7.66. The largest absolute Gasteiger partial charge is 0.262 e. The van der Waals surface area contributed by atoms with Gasteiger partial charge in [0.2, 0.25) is 0 Å². The summed E-state index contributed by atoms with van der Waals surface area (Å²) in [4.78, 5) is -0.0675. The van der Waals surface area contributed by atoms with Crippen LogP contribution in [-0.4, -0.2) is 8.42 Å². The summed E-state index contributed by atoms with van der Waals surface area (Å²) in [5.41, 5.74) is 1.60. The van der Waals surface area contributed by atoms with E-state index in [9.17, 15) is 8.42 Å². The predicted molar refractivity (Wildman–Crippen MR) is 72.3 cm³/mol. The van der Waals surface area contributed by atoms with Gasteiger partial charge in [0.1, 0.15) is 4.90 Å². The molecular formula is C12H14Cl2O2S. The molecule has 5 heteroatoms. The Balaban J connectivity index is 3.37. The third kappa shape index (κ3) is 3.03. The van der Waals surface area contributed by atoms with Crippen molar-refractivity contribution >= 4 is 31.3 Å². The summed E-state index contributed by atoms with van der Waals surface area (Å²) in [5, 5.41) is 0.131. The van der Waals surface area contributed by atoms with Gasteiger partial charge in [0, 0.05) is 16.1 Å². The van der Waals surface area contributed by atoms with E-state index in [1.54, 1.807) is 12.1 Å². The minimum atomic E-state index is -3.80. The van der Waals surface area contributed by atoms with Gasteiger partial charge in [-0.25, -0.2) is 8.42 Å². The third-order valence-corrected chi connectivity index (χ3v) is 4.79. The van der Waals surface area contributed by atoms with Gasteiger partial charge in [0.25, 0.3) is 9.05 Å². The van der Waals surface area contributed by atoms with E-state index in [0.29, 0.717) is 0 Å². The lowest BCUT2D eigenvalue weighted by atomic mass is 9.79. The van der Waals surface area contributed by atoms with Crippen molar-refractivity contribution in [2.45, 2.75) is 31.1 Å². The maximum absolute atomic E-state index is 11.2. The molecule has 1 aromatic rings. The maximum Gasteiger partial charge on any atom is 0.262 e. The van der Waals surface area contributed by atoms with Crippen LogP contribution < -0.4 is 0 Å². The van der Waals surface area contributed by atoms with Gasteiger partial charge >= 0.3 is 0 Å². The SMILES string of the molecule is C=C(C)C(C)(C)c1ccc(S(=O)(=O)Cl)c(Cl)c1. The molecule has 0 saturated carbocycles. The highest BCUT2D eigenvalue weighted by Crippen LogP contribution is 2.34. The van der Waals surface area contributed by atoms with E-state index in [0.717, 1.165) is 11.1 Å². The van der Waals surface area contributed by atoms with Crippen molar-refractivity contribution in [3.8, 4) is 0 Å². The van der Waals surface area contributed by atoms with Gasteiger partial charge < -0.3 is 0 Å². The molecule has 94 valence electrons. The number of hydrogen-bond donors (Lipinski definition) is 0. The number of allylic oxidation sites excluding steroid dienone is 1. The van der Waals surface area contributed by atoms with Crippen LogP contribution >= 0.6 is 22.3 Å². The lowest BCUT2D eigenvalue weighted by Crippen LogP contribution is -2.18. The van der Waals surface area contributed by atoms with Crippen LogP contribution in [0.15, 0.2) is 35.2 Å². The highest BCUT2D eigenvalue weighted by molar-refractivity contribution is 8.13. The van der Waals surface area contributed by atoms with Gasteiger partial charge in [-0.2, -0.15) is 0 Å². The zero-order valence-electron chi connectivity index (χ0n) is 9.92. The highest BCUT2D eigenvalue weighted by atomic mass is 35.7. The molecular weight excluding hydrogens is 279 g/mol. The number of hydrogen-bond acceptors (Lipinski definition) is 2. The zero-order valence-corrected chi connectivity index (χ0v) is 12.2. The molecule has 0 heterocycles. The average Bonchev–Trinajstić information content (AvgIpc) is 2.15. The van der Waals surface area contributed by atoms with E-state index in [1.807, 2.05) is 20.8 Å². The number of rotatable bonds is 3. The van der Waals surface area contributed by atoms with Gasteiger partial charge in [-0.05, 0) is 24.6 Å². The topological polar surface area (TPSA) is 34.1 Å². The van der Waals surface area contributed by atoms with Crippen LogP contribution in [0.25, 0.3) is 0 Å². The molecule has 0 aliphatic rings. The molecule has 17 heavy (non-hydrogen) atoms. The fraction of sp³-hybridized carbons (Fsp3) is 0.333. The van der Waals surface area contributed by atoms with Crippen molar-refractivity contribution in [1.82, 2.24) is 0 Å². The van der Waals surface area contributed by atoms with Gasteiger partial charge in [0.15, 0.2) is 0 Å². The summed E-state index contributed by atoms with van der Waals surface area (Å²) in [6.07, 6.45) is 0. The van der Waals surface area contributed by atoms with E-state index in [2.05, 4.69) is 6.58 Å². The summed E-state index contributed by atoms with van der Waals surface area (Å²) >= 11 is 5.93. The summed E-state index contributed by atoms with van der Waals surface area (Å²) in [5.74, 6) is 0. The molecule has 1 aromatic carbocycles. The van der Waals surface area contributed by atoms with E-state index in [-0.39, 0.29) is 15.3 Å². The highest BCUT2D eigenvalue weighted by Gasteiger charge is 2.24. The lowest BCUT2D eigenvalue weighted by molar-refractivity contribution is 0.608. The van der Waals surface area contributed by atoms with Crippen LogP contribution in [0.4, 0.5) is 0 Å². The summed E-state index contributed by atoms with van der Waals surface area (Å²) in [6.45, 7) is 9.83. The van der Waals surface area contributed by atoms with Crippen molar-refractivity contribution in [2.75, 3.05) is 0 Å². The fourth-order valence-corrected chi connectivity index (χ4v) is 2.86. The first-order valence-electron chi connectivity index (χ1n) is 4.97. The van der Waals surface area contributed by atoms with Crippen molar-refractivity contribution in [1.29, 1.82) is 0 Å². The van der Waals surface area contributed by atoms with Crippen LogP contribution in [0, 0.1) is 0 Å². The zero-order chi connectivity index (χ0) is 13.4. The van der Waals surface area contributed by atoms with Gasteiger partial charge in [-0.1, -0.05) is 43.7 Å². The molecule has 0 aliphatic carbocycles. The third-order valence-electron chi connectivity index (χ3n) is 2.98. The molecule has 0 aliphatic heterocycles. The molecule has 0 amide bonds. The van der Waals surface area contributed by atoms with Crippen LogP contribution in [0.3, 0.4) is 0 Å². The Morgan fingerprint density at radius 1 is 1.35 bits per heavy atom. The van der Waals surface area contributed by atoms with E-state index >= 15 is 0 Å². The predicted octanol–water partition coefficient (Wildman–Crippen LogP) is 4.12. The van der Waals surface area contributed by atoms with Crippen LogP contribution in [-0.2, 0) is 14.5 Å². The van der Waals surface area contributed by atoms with Gasteiger partial charge in [0.05, 0.1) is 5.02 Å². The molecule has 1 rings (SSSR count). The van der Waals surface area contributed by atoms with Crippen LogP contribution in [0.5, 0.6) is 0 Å². The molecule has 0 spiro atoms. The monoisotopic (exact) mass is 292 g/mol. The molecule has 0 radical (unpaired) electrons. The Labute approximate surface area is 112 Å². The molecule has 0 N–H and O–H groups in total. The maximum atomic E-state index is 11.2. The molecule has 0 fully saturated rings. The molecule has 0 bridgehead atoms. The second kappa shape index (κ2) is 4.63. The number of benzene rings is 1. The molecule has 0 saturated heterocycles. The Kier molecular flexibility index (Phi) is 3.97. The minimum absolute atomic E-state index is 0.0675. The lowest BCUT2D eigenvalue weighted by Gasteiger charge is -2.26. The standard InChI is InChI=1S/C12H14Cl2O2S/c1-8(2)12(3,4)9-5-6-11(10(13)7-9)17(14,15)16/h5-7H,1H2,2-4H3. The Morgan fingerprint density at radius 2 is 1.88 bits per heavy atom.